The third kappa shape index (κ3) is 1.86. The summed E-state index contributed by atoms with van der Waals surface area (Å²) in [5.41, 5.74) is 0.623. The SMILES string of the molecule is COC(C(=O)O)c1c[n+](C)cn1C. The average Bonchev–Trinajstić information content (AvgIpc) is 2.31. The number of carboxylic acids is 1. The summed E-state index contributed by atoms with van der Waals surface area (Å²) < 4.78 is 8.36. The Balaban J connectivity index is 3.04. The Kier molecular flexibility index (Phi) is 2.67. The van der Waals surface area contributed by atoms with Gasteiger partial charge in [-0.2, -0.15) is 0 Å². The summed E-state index contributed by atoms with van der Waals surface area (Å²) in [6.07, 6.45) is 2.61. The number of hydrogen-bond acceptors (Lipinski definition) is 2. The van der Waals surface area contributed by atoms with Crippen molar-refractivity contribution in [2.24, 2.45) is 14.1 Å². The summed E-state index contributed by atoms with van der Waals surface area (Å²) in [5, 5.41) is 8.81. The molecular formula is C8H13N2O3+. The molecule has 5 heteroatoms. The van der Waals surface area contributed by atoms with E-state index in [0.717, 1.165) is 0 Å². The first-order valence-electron chi connectivity index (χ1n) is 3.83. The number of nitrogens with zero attached hydrogens (tertiary/aromatic N) is 2. The highest BCUT2D eigenvalue weighted by atomic mass is 16.5. The van der Waals surface area contributed by atoms with Crippen molar-refractivity contribution in [3.8, 4) is 0 Å². The molecule has 0 aliphatic carbocycles. The molecule has 0 saturated heterocycles. The van der Waals surface area contributed by atoms with Crippen LogP contribution in [0.15, 0.2) is 12.5 Å². The van der Waals surface area contributed by atoms with Gasteiger partial charge in [-0.1, -0.05) is 0 Å². The van der Waals surface area contributed by atoms with Crippen molar-refractivity contribution >= 4 is 5.97 Å². The van der Waals surface area contributed by atoms with Crippen LogP contribution in [0.25, 0.3) is 0 Å². The highest BCUT2D eigenvalue weighted by Crippen LogP contribution is 2.14. The molecule has 5 nitrogen and oxygen atoms in total. The molecule has 1 atom stereocenters. The van der Waals surface area contributed by atoms with Crippen LogP contribution < -0.4 is 4.57 Å². The monoisotopic (exact) mass is 185 g/mol. The van der Waals surface area contributed by atoms with Crippen LogP contribution >= 0.6 is 0 Å². The molecule has 1 aromatic heterocycles. The third-order valence-electron chi connectivity index (χ3n) is 1.83. The molecule has 0 aromatic carbocycles. The normalized spacial score (nSPS) is 12.8. The summed E-state index contributed by atoms with van der Waals surface area (Å²) in [6, 6.07) is 0. The third-order valence-corrected chi connectivity index (χ3v) is 1.83. The molecule has 0 saturated carbocycles. The molecule has 0 aliphatic heterocycles. The minimum atomic E-state index is -0.982. The summed E-state index contributed by atoms with van der Waals surface area (Å²) in [6.45, 7) is 0. The number of rotatable bonds is 3. The zero-order valence-electron chi connectivity index (χ0n) is 7.89. The van der Waals surface area contributed by atoms with Crippen LogP contribution in [0.5, 0.6) is 0 Å². The molecular weight excluding hydrogens is 172 g/mol. The number of aryl methyl sites for hydroxylation is 2. The van der Waals surface area contributed by atoms with Gasteiger partial charge >= 0.3 is 5.97 Å². The van der Waals surface area contributed by atoms with E-state index in [2.05, 4.69) is 0 Å². The predicted molar refractivity (Wildman–Crippen MR) is 44.0 cm³/mol. The number of aromatic nitrogens is 2. The maximum atomic E-state index is 10.7. The molecule has 1 heterocycles. The number of imidazole rings is 1. The Morgan fingerprint density at radius 2 is 2.38 bits per heavy atom. The molecule has 0 radical (unpaired) electrons. The second-order valence-electron chi connectivity index (χ2n) is 2.90. The highest BCUT2D eigenvalue weighted by molar-refractivity contribution is 5.73. The van der Waals surface area contributed by atoms with Gasteiger partial charge < -0.3 is 9.84 Å². The molecule has 1 aromatic rings. The van der Waals surface area contributed by atoms with Gasteiger partial charge in [0.2, 0.25) is 12.4 Å². The smallest absolute Gasteiger partial charge is 0.341 e. The lowest BCUT2D eigenvalue weighted by atomic mass is 10.3. The predicted octanol–water partition coefficient (Wildman–Crippen LogP) is -0.378. The summed E-state index contributed by atoms with van der Waals surface area (Å²) in [5.74, 6) is -0.982. The average molecular weight is 185 g/mol. The lowest BCUT2D eigenvalue weighted by Gasteiger charge is -2.05. The zero-order valence-corrected chi connectivity index (χ0v) is 7.89. The fraction of sp³-hybridized carbons (Fsp3) is 0.500. The topological polar surface area (TPSA) is 55.3 Å². The van der Waals surface area contributed by atoms with Crippen molar-refractivity contribution in [3.05, 3.63) is 18.2 Å². The number of carboxylic acid groups (broad SMARTS) is 1. The molecule has 1 N–H and O–H groups in total. The van der Waals surface area contributed by atoms with Crippen LogP contribution in [-0.4, -0.2) is 22.8 Å². The van der Waals surface area contributed by atoms with Crippen LogP contribution in [0.3, 0.4) is 0 Å². The standard InChI is InChI=1S/C8H12N2O3/c1-9-4-6(10(2)5-9)7(13-3)8(11)12/h4-5,7H,1-3H3/p+1. The fourth-order valence-corrected chi connectivity index (χ4v) is 1.27. The van der Waals surface area contributed by atoms with E-state index in [4.69, 9.17) is 9.84 Å². The van der Waals surface area contributed by atoms with Gasteiger partial charge in [-0.25, -0.2) is 13.9 Å². The van der Waals surface area contributed by atoms with Crippen molar-refractivity contribution in [1.82, 2.24) is 4.57 Å². The lowest BCUT2D eigenvalue weighted by molar-refractivity contribution is -0.671. The maximum Gasteiger partial charge on any atom is 0.341 e. The first-order valence-corrected chi connectivity index (χ1v) is 3.83. The van der Waals surface area contributed by atoms with E-state index in [9.17, 15) is 4.79 Å². The van der Waals surface area contributed by atoms with Crippen LogP contribution in [0.1, 0.15) is 11.8 Å². The number of hydrogen-bond donors (Lipinski definition) is 1. The van der Waals surface area contributed by atoms with Gasteiger partial charge in [0, 0.05) is 7.11 Å². The van der Waals surface area contributed by atoms with Crippen LogP contribution in [0, 0.1) is 0 Å². The summed E-state index contributed by atoms with van der Waals surface area (Å²) in [4.78, 5) is 10.7. The molecule has 0 spiro atoms. The Hall–Kier alpha value is -1.36. The molecule has 72 valence electrons. The van der Waals surface area contributed by atoms with Gasteiger partial charge in [0.1, 0.15) is 6.20 Å². The van der Waals surface area contributed by atoms with E-state index in [0.29, 0.717) is 5.69 Å². The Morgan fingerprint density at radius 1 is 1.77 bits per heavy atom. The summed E-state index contributed by atoms with van der Waals surface area (Å²) in [7, 11) is 4.99. The van der Waals surface area contributed by atoms with E-state index >= 15 is 0 Å². The zero-order chi connectivity index (χ0) is 10.0. The van der Waals surface area contributed by atoms with Gasteiger partial charge in [0.05, 0.1) is 14.1 Å². The quantitative estimate of drug-likeness (QED) is 0.653. The van der Waals surface area contributed by atoms with E-state index in [1.165, 1.54) is 7.11 Å². The van der Waals surface area contributed by atoms with E-state index in [1.807, 2.05) is 7.05 Å². The molecule has 1 unspecified atom stereocenters. The molecule has 0 amide bonds. The Bertz CT molecular complexity index is 319. The first-order chi connectivity index (χ1) is 6.06. The Morgan fingerprint density at radius 3 is 2.69 bits per heavy atom. The summed E-state index contributed by atoms with van der Waals surface area (Å²) >= 11 is 0. The van der Waals surface area contributed by atoms with Gasteiger partial charge in [-0.3, -0.25) is 0 Å². The number of carbonyl (C=O) groups is 1. The van der Waals surface area contributed by atoms with Gasteiger partial charge in [-0.15, -0.1) is 0 Å². The van der Waals surface area contributed by atoms with Crippen molar-refractivity contribution in [2.45, 2.75) is 6.10 Å². The van der Waals surface area contributed by atoms with Crippen molar-refractivity contribution in [1.29, 1.82) is 0 Å². The van der Waals surface area contributed by atoms with Crippen molar-refractivity contribution in [3.63, 3.8) is 0 Å². The second-order valence-corrected chi connectivity index (χ2v) is 2.90. The number of aliphatic carboxylic acids is 1. The number of ether oxygens (including phenoxy) is 1. The van der Waals surface area contributed by atoms with E-state index < -0.39 is 12.1 Å². The fourth-order valence-electron chi connectivity index (χ4n) is 1.27. The Labute approximate surface area is 76.2 Å². The van der Waals surface area contributed by atoms with Crippen LogP contribution in [-0.2, 0) is 23.6 Å². The minimum absolute atomic E-state index is 0.623. The van der Waals surface area contributed by atoms with Crippen LogP contribution in [0.2, 0.25) is 0 Å². The van der Waals surface area contributed by atoms with Gasteiger partial charge in [0.25, 0.3) is 0 Å². The number of methoxy groups -OCH3 is 1. The molecule has 0 bridgehead atoms. The second kappa shape index (κ2) is 3.57. The van der Waals surface area contributed by atoms with Crippen molar-refractivity contribution in [2.75, 3.05) is 7.11 Å². The molecule has 13 heavy (non-hydrogen) atoms. The molecule has 0 fully saturated rings. The van der Waals surface area contributed by atoms with Crippen LogP contribution in [0.4, 0.5) is 0 Å². The van der Waals surface area contributed by atoms with Gasteiger partial charge in [0.15, 0.2) is 5.69 Å². The van der Waals surface area contributed by atoms with E-state index in [1.54, 1.807) is 28.7 Å². The maximum absolute atomic E-state index is 10.7. The molecule has 1 rings (SSSR count). The largest absolute Gasteiger partial charge is 0.479 e. The molecule has 0 aliphatic rings. The van der Waals surface area contributed by atoms with Crippen molar-refractivity contribution < 1.29 is 19.2 Å². The lowest BCUT2D eigenvalue weighted by Crippen LogP contribution is -2.24. The van der Waals surface area contributed by atoms with E-state index in [-0.39, 0.29) is 0 Å². The highest BCUT2D eigenvalue weighted by Gasteiger charge is 2.26. The first kappa shape index (κ1) is 9.73. The minimum Gasteiger partial charge on any atom is -0.479 e. The van der Waals surface area contributed by atoms with Gasteiger partial charge in [-0.05, 0) is 0 Å².